The van der Waals surface area contributed by atoms with Gasteiger partial charge in [0, 0.05) is 12.1 Å². The fourth-order valence-corrected chi connectivity index (χ4v) is 2.08. The Bertz CT molecular complexity index is 833. The van der Waals surface area contributed by atoms with Crippen LogP contribution in [0, 0.1) is 0 Å². The van der Waals surface area contributed by atoms with Gasteiger partial charge >= 0.3 is 0 Å². The van der Waals surface area contributed by atoms with Crippen LogP contribution in [0.3, 0.4) is 0 Å². The van der Waals surface area contributed by atoms with Gasteiger partial charge in [0.15, 0.2) is 5.43 Å². The molecule has 3 rings (SSSR count). The second-order valence-electron chi connectivity index (χ2n) is 4.35. The van der Waals surface area contributed by atoms with Crippen molar-refractivity contribution in [3.8, 4) is 22.8 Å². The molecule has 0 bridgehead atoms. The lowest BCUT2D eigenvalue weighted by molar-refractivity contribution is 0.414. The van der Waals surface area contributed by atoms with E-state index in [9.17, 15) is 9.90 Å². The Morgan fingerprint density at radius 1 is 1.10 bits per heavy atom. The quantitative estimate of drug-likeness (QED) is 0.775. The van der Waals surface area contributed by atoms with Gasteiger partial charge in [0.1, 0.15) is 22.8 Å². The third kappa shape index (κ3) is 2.01. The fourth-order valence-electron chi connectivity index (χ4n) is 2.08. The normalized spacial score (nSPS) is 10.7. The van der Waals surface area contributed by atoms with Gasteiger partial charge in [0.05, 0.1) is 18.1 Å². The first-order chi connectivity index (χ1) is 9.69. The van der Waals surface area contributed by atoms with E-state index < -0.39 is 0 Å². The van der Waals surface area contributed by atoms with Crippen LogP contribution in [0.5, 0.6) is 11.5 Å². The lowest BCUT2D eigenvalue weighted by atomic mass is 10.1. The van der Waals surface area contributed by atoms with Gasteiger partial charge < -0.3 is 14.3 Å². The van der Waals surface area contributed by atoms with Crippen LogP contribution >= 0.6 is 0 Å². The Balaban J connectivity index is 2.28. The van der Waals surface area contributed by atoms with Crippen molar-refractivity contribution in [3.05, 3.63) is 58.8 Å². The molecule has 0 unspecified atom stereocenters. The third-order valence-corrected chi connectivity index (χ3v) is 3.11. The first-order valence-corrected chi connectivity index (χ1v) is 6.09. The lowest BCUT2D eigenvalue weighted by Crippen LogP contribution is -2.00. The zero-order chi connectivity index (χ0) is 14.1. The summed E-state index contributed by atoms with van der Waals surface area (Å²) in [6.45, 7) is 0. The number of rotatable bonds is 2. The largest absolute Gasteiger partial charge is 0.507 e. The van der Waals surface area contributed by atoms with Crippen molar-refractivity contribution in [2.75, 3.05) is 7.11 Å². The highest BCUT2D eigenvalue weighted by molar-refractivity contribution is 5.80. The van der Waals surface area contributed by atoms with Crippen LogP contribution < -0.4 is 10.2 Å². The van der Waals surface area contributed by atoms with Gasteiger partial charge in [0.2, 0.25) is 0 Å². The van der Waals surface area contributed by atoms with Crippen molar-refractivity contribution in [2.24, 2.45) is 0 Å². The average Bonchev–Trinajstić information content (AvgIpc) is 2.47. The van der Waals surface area contributed by atoms with Gasteiger partial charge in [-0.1, -0.05) is 12.1 Å². The van der Waals surface area contributed by atoms with Crippen molar-refractivity contribution in [1.82, 2.24) is 0 Å². The molecule has 4 heteroatoms. The molecular weight excluding hydrogens is 256 g/mol. The molecule has 1 aromatic heterocycles. The molecule has 1 heterocycles. The summed E-state index contributed by atoms with van der Waals surface area (Å²) < 4.78 is 10.8. The SMILES string of the molecule is COc1ccc2c(=O)cc(-c3ccccc3O)oc2c1. The Morgan fingerprint density at radius 3 is 2.65 bits per heavy atom. The van der Waals surface area contributed by atoms with Gasteiger partial charge in [-0.25, -0.2) is 0 Å². The van der Waals surface area contributed by atoms with E-state index in [-0.39, 0.29) is 11.2 Å². The lowest BCUT2D eigenvalue weighted by Gasteiger charge is -2.06. The Hall–Kier alpha value is -2.75. The first-order valence-electron chi connectivity index (χ1n) is 6.09. The molecule has 2 aromatic carbocycles. The molecule has 20 heavy (non-hydrogen) atoms. The summed E-state index contributed by atoms with van der Waals surface area (Å²) in [4.78, 5) is 12.1. The molecule has 100 valence electrons. The van der Waals surface area contributed by atoms with Crippen LogP contribution in [0.15, 0.2) is 57.7 Å². The van der Waals surface area contributed by atoms with E-state index in [0.29, 0.717) is 28.0 Å². The Kier molecular flexibility index (Phi) is 2.91. The maximum absolute atomic E-state index is 12.1. The zero-order valence-corrected chi connectivity index (χ0v) is 10.8. The van der Waals surface area contributed by atoms with Crippen LogP contribution in [0.4, 0.5) is 0 Å². The molecule has 1 N–H and O–H groups in total. The van der Waals surface area contributed by atoms with Crippen LogP contribution in [0.2, 0.25) is 0 Å². The fraction of sp³-hybridized carbons (Fsp3) is 0.0625. The number of hydrogen-bond donors (Lipinski definition) is 1. The van der Waals surface area contributed by atoms with Gasteiger partial charge in [-0.3, -0.25) is 4.79 Å². The minimum absolute atomic E-state index is 0.0675. The van der Waals surface area contributed by atoms with Crippen molar-refractivity contribution >= 4 is 11.0 Å². The molecule has 0 aliphatic carbocycles. The number of para-hydroxylation sites is 1. The highest BCUT2D eigenvalue weighted by atomic mass is 16.5. The molecule has 0 spiro atoms. The highest BCUT2D eigenvalue weighted by Gasteiger charge is 2.10. The molecule has 3 aromatic rings. The smallest absolute Gasteiger partial charge is 0.193 e. The molecule has 0 fully saturated rings. The topological polar surface area (TPSA) is 59.7 Å². The second kappa shape index (κ2) is 4.74. The molecule has 0 aliphatic rings. The third-order valence-electron chi connectivity index (χ3n) is 3.11. The van der Waals surface area contributed by atoms with E-state index in [4.69, 9.17) is 9.15 Å². The molecule has 0 saturated carbocycles. The number of methoxy groups -OCH3 is 1. The molecule has 4 nitrogen and oxygen atoms in total. The van der Waals surface area contributed by atoms with Gasteiger partial charge in [0.25, 0.3) is 0 Å². The highest BCUT2D eigenvalue weighted by Crippen LogP contribution is 2.30. The molecule has 0 saturated heterocycles. The van der Waals surface area contributed by atoms with Crippen molar-refractivity contribution < 1.29 is 14.3 Å². The molecule has 0 radical (unpaired) electrons. The van der Waals surface area contributed by atoms with Gasteiger partial charge in [-0.15, -0.1) is 0 Å². The number of phenolic OH excluding ortho intramolecular Hbond substituents is 1. The van der Waals surface area contributed by atoms with Crippen LogP contribution in [-0.4, -0.2) is 12.2 Å². The average molecular weight is 268 g/mol. The summed E-state index contributed by atoms with van der Waals surface area (Å²) in [7, 11) is 1.55. The van der Waals surface area contributed by atoms with E-state index >= 15 is 0 Å². The minimum Gasteiger partial charge on any atom is -0.507 e. The predicted octanol–water partition coefficient (Wildman–Crippen LogP) is 3.17. The first kappa shape index (κ1) is 12.3. The molecule has 0 atom stereocenters. The number of fused-ring (bicyclic) bond motifs is 1. The van der Waals surface area contributed by atoms with Crippen LogP contribution in [-0.2, 0) is 0 Å². The number of phenols is 1. The summed E-state index contributed by atoms with van der Waals surface area (Å²) in [6, 6.07) is 13.1. The zero-order valence-electron chi connectivity index (χ0n) is 10.8. The summed E-state index contributed by atoms with van der Waals surface area (Å²) in [6.07, 6.45) is 0. The van der Waals surface area contributed by atoms with Gasteiger partial charge in [-0.05, 0) is 24.3 Å². The summed E-state index contributed by atoms with van der Waals surface area (Å²) in [5, 5.41) is 10.3. The standard InChI is InChI=1S/C16H12O4/c1-19-10-6-7-12-14(18)9-16(20-15(12)8-10)11-4-2-3-5-13(11)17/h2-9,17H,1H3. The summed E-state index contributed by atoms with van der Waals surface area (Å²) in [5.41, 5.74) is 0.747. The van der Waals surface area contributed by atoms with Crippen molar-refractivity contribution in [1.29, 1.82) is 0 Å². The summed E-state index contributed by atoms with van der Waals surface area (Å²) in [5.74, 6) is 1.00. The van der Waals surface area contributed by atoms with E-state index in [0.717, 1.165) is 0 Å². The van der Waals surface area contributed by atoms with Gasteiger partial charge in [-0.2, -0.15) is 0 Å². The maximum atomic E-state index is 12.1. The van der Waals surface area contributed by atoms with E-state index in [1.807, 2.05) is 0 Å². The van der Waals surface area contributed by atoms with Crippen LogP contribution in [0.25, 0.3) is 22.3 Å². The monoisotopic (exact) mass is 268 g/mol. The van der Waals surface area contributed by atoms with E-state index in [1.54, 1.807) is 49.6 Å². The maximum Gasteiger partial charge on any atom is 0.193 e. The van der Waals surface area contributed by atoms with Crippen molar-refractivity contribution in [2.45, 2.75) is 0 Å². The molecule has 0 amide bonds. The van der Waals surface area contributed by atoms with Crippen LogP contribution in [0.1, 0.15) is 0 Å². The Labute approximate surface area is 114 Å². The minimum atomic E-state index is -0.160. The molecular formula is C16H12O4. The number of ether oxygens (including phenoxy) is 1. The van der Waals surface area contributed by atoms with E-state index in [1.165, 1.54) is 6.07 Å². The Morgan fingerprint density at radius 2 is 1.90 bits per heavy atom. The number of aromatic hydroxyl groups is 1. The molecule has 0 aliphatic heterocycles. The van der Waals surface area contributed by atoms with Crippen molar-refractivity contribution in [3.63, 3.8) is 0 Å². The predicted molar refractivity (Wildman–Crippen MR) is 76.1 cm³/mol. The summed E-state index contributed by atoms with van der Waals surface area (Å²) >= 11 is 0. The van der Waals surface area contributed by atoms with E-state index in [2.05, 4.69) is 0 Å². The number of benzene rings is 2. The second-order valence-corrected chi connectivity index (χ2v) is 4.35. The number of hydrogen-bond acceptors (Lipinski definition) is 4.